The molecule has 11 heteroatoms. The molecule has 0 saturated heterocycles. The van der Waals surface area contributed by atoms with E-state index in [1.807, 2.05) is 0 Å². The summed E-state index contributed by atoms with van der Waals surface area (Å²) in [5.41, 5.74) is 0.205. The molecule has 2 aromatic rings. The lowest BCUT2D eigenvalue weighted by atomic mass is 9.90. The van der Waals surface area contributed by atoms with Gasteiger partial charge in [0.25, 0.3) is 15.9 Å². The standard InChI is InChI=1S/C16H18Cl2N4O3S2/c17-11-6-7-12(13(18)8-11)14(23)20-15-21-22-16(26-15)27(24,25)19-9-10-4-2-1-3-5-10/h6-8,10,19H,1-5,9H2,(H,20,21,23). The summed E-state index contributed by atoms with van der Waals surface area (Å²) in [5.74, 6) is -0.167. The third-order valence-corrected chi connectivity index (χ3v) is 7.50. The van der Waals surface area contributed by atoms with Gasteiger partial charge in [0.1, 0.15) is 0 Å². The van der Waals surface area contributed by atoms with E-state index in [4.69, 9.17) is 23.2 Å². The van der Waals surface area contributed by atoms with E-state index in [1.165, 1.54) is 24.6 Å². The molecule has 0 unspecified atom stereocenters. The SMILES string of the molecule is O=C(Nc1nnc(S(=O)(=O)NCC2CCCCC2)s1)c1ccc(Cl)cc1Cl. The zero-order chi connectivity index (χ0) is 19.4. The number of amides is 1. The van der Waals surface area contributed by atoms with Crippen LogP contribution in [-0.2, 0) is 10.0 Å². The first-order valence-corrected chi connectivity index (χ1v) is 11.5. The third kappa shape index (κ3) is 5.39. The monoisotopic (exact) mass is 448 g/mol. The summed E-state index contributed by atoms with van der Waals surface area (Å²) in [7, 11) is -3.75. The van der Waals surface area contributed by atoms with Gasteiger partial charge in [-0.25, -0.2) is 13.1 Å². The van der Waals surface area contributed by atoms with Crippen molar-refractivity contribution in [3.63, 3.8) is 0 Å². The zero-order valence-corrected chi connectivity index (χ0v) is 17.4. The normalized spacial score (nSPS) is 15.6. The Bertz CT molecular complexity index is 927. The Labute approximate surface area is 171 Å². The van der Waals surface area contributed by atoms with Crippen LogP contribution in [0.1, 0.15) is 42.5 Å². The molecule has 2 N–H and O–H groups in total. The molecule has 7 nitrogen and oxygen atoms in total. The van der Waals surface area contributed by atoms with E-state index >= 15 is 0 Å². The van der Waals surface area contributed by atoms with Crippen LogP contribution in [0, 0.1) is 5.92 Å². The summed E-state index contributed by atoms with van der Waals surface area (Å²) >= 11 is 12.6. The summed E-state index contributed by atoms with van der Waals surface area (Å²) in [6.45, 7) is 0.393. The molecule has 0 radical (unpaired) electrons. The molecule has 1 saturated carbocycles. The largest absolute Gasteiger partial charge is 0.296 e. The molecule has 0 aliphatic heterocycles. The number of rotatable bonds is 6. The third-order valence-electron chi connectivity index (χ3n) is 4.32. The average molecular weight is 449 g/mol. The first-order chi connectivity index (χ1) is 12.8. The van der Waals surface area contributed by atoms with Crippen LogP contribution >= 0.6 is 34.5 Å². The van der Waals surface area contributed by atoms with Gasteiger partial charge in [-0.2, -0.15) is 0 Å². The summed E-state index contributed by atoms with van der Waals surface area (Å²) in [4.78, 5) is 12.3. The van der Waals surface area contributed by atoms with Crippen molar-refractivity contribution in [1.29, 1.82) is 0 Å². The smallest absolute Gasteiger partial charge is 0.269 e. The fourth-order valence-electron chi connectivity index (χ4n) is 2.89. The van der Waals surface area contributed by atoms with Gasteiger partial charge in [-0.1, -0.05) is 53.8 Å². The Balaban J connectivity index is 1.63. The number of benzene rings is 1. The number of nitrogens with one attached hydrogen (secondary N) is 2. The van der Waals surface area contributed by atoms with Gasteiger partial charge in [0, 0.05) is 11.6 Å². The first kappa shape index (κ1) is 20.5. The molecule has 0 atom stereocenters. The van der Waals surface area contributed by atoms with Gasteiger partial charge in [0.2, 0.25) is 9.47 Å². The summed E-state index contributed by atoms with van der Waals surface area (Å²) in [6, 6.07) is 4.46. The first-order valence-electron chi connectivity index (χ1n) is 8.45. The van der Waals surface area contributed by atoms with E-state index in [9.17, 15) is 13.2 Å². The van der Waals surface area contributed by atoms with Crippen molar-refractivity contribution in [3.05, 3.63) is 33.8 Å². The van der Waals surface area contributed by atoms with E-state index in [1.54, 1.807) is 0 Å². The maximum atomic E-state index is 12.4. The number of aromatic nitrogens is 2. The van der Waals surface area contributed by atoms with Crippen LogP contribution in [0.2, 0.25) is 10.0 Å². The Kier molecular flexibility index (Phi) is 6.69. The fourth-order valence-corrected chi connectivity index (χ4v) is 5.43. The van der Waals surface area contributed by atoms with Gasteiger partial charge in [0.05, 0.1) is 10.6 Å². The molecule has 1 aliphatic rings. The second kappa shape index (κ2) is 8.83. The number of anilines is 1. The van der Waals surface area contributed by atoms with Crippen molar-refractivity contribution in [2.45, 2.75) is 36.4 Å². The number of carbonyl (C=O) groups is 1. The molecule has 1 fully saturated rings. The second-order valence-corrected chi connectivity index (χ2v) is 10.1. The fraction of sp³-hybridized carbons (Fsp3) is 0.438. The number of carbonyl (C=O) groups excluding carboxylic acids is 1. The van der Waals surface area contributed by atoms with E-state index in [-0.39, 0.29) is 20.1 Å². The summed E-state index contributed by atoms with van der Waals surface area (Å²) < 4.78 is 27.2. The van der Waals surface area contributed by atoms with E-state index in [0.29, 0.717) is 17.5 Å². The second-order valence-electron chi connectivity index (χ2n) is 6.31. The highest BCUT2D eigenvalue weighted by Gasteiger charge is 2.23. The van der Waals surface area contributed by atoms with E-state index < -0.39 is 15.9 Å². The summed E-state index contributed by atoms with van der Waals surface area (Å²) in [6.07, 6.45) is 5.53. The highest BCUT2D eigenvalue weighted by molar-refractivity contribution is 7.91. The molecule has 1 aliphatic carbocycles. The number of hydrogen-bond acceptors (Lipinski definition) is 6. The maximum Gasteiger partial charge on any atom is 0.269 e. The molecule has 1 heterocycles. The van der Waals surface area contributed by atoms with Crippen molar-refractivity contribution >= 4 is 55.6 Å². The van der Waals surface area contributed by atoms with Crippen molar-refractivity contribution in [2.75, 3.05) is 11.9 Å². The lowest BCUT2D eigenvalue weighted by molar-refractivity contribution is 0.102. The zero-order valence-electron chi connectivity index (χ0n) is 14.2. The minimum atomic E-state index is -3.75. The van der Waals surface area contributed by atoms with Crippen molar-refractivity contribution in [3.8, 4) is 0 Å². The van der Waals surface area contributed by atoms with Crippen LogP contribution in [0.5, 0.6) is 0 Å². The van der Waals surface area contributed by atoms with Gasteiger partial charge < -0.3 is 0 Å². The van der Waals surface area contributed by atoms with E-state index in [0.717, 1.165) is 37.0 Å². The topological polar surface area (TPSA) is 101 Å². The lowest BCUT2D eigenvalue weighted by Gasteiger charge is -2.21. The molecule has 27 heavy (non-hydrogen) atoms. The van der Waals surface area contributed by atoms with Crippen LogP contribution < -0.4 is 10.0 Å². The molecule has 1 aromatic heterocycles. The van der Waals surface area contributed by atoms with Crippen LogP contribution in [0.25, 0.3) is 0 Å². The molecule has 1 amide bonds. The number of sulfonamides is 1. The van der Waals surface area contributed by atoms with Crippen molar-refractivity contribution in [2.24, 2.45) is 5.92 Å². The van der Waals surface area contributed by atoms with Crippen LogP contribution in [0.15, 0.2) is 22.5 Å². The Hall–Kier alpha value is -1.26. The molecular formula is C16H18Cl2N4O3S2. The molecule has 3 rings (SSSR count). The molecule has 0 spiro atoms. The highest BCUT2D eigenvalue weighted by atomic mass is 35.5. The number of hydrogen-bond donors (Lipinski definition) is 2. The Morgan fingerprint density at radius 2 is 1.93 bits per heavy atom. The minimum absolute atomic E-state index is 0.0732. The molecule has 0 bridgehead atoms. The molecule has 1 aromatic carbocycles. The minimum Gasteiger partial charge on any atom is -0.296 e. The summed E-state index contributed by atoms with van der Waals surface area (Å²) in [5, 5.41) is 10.6. The lowest BCUT2D eigenvalue weighted by Crippen LogP contribution is -2.30. The molecule has 146 valence electrons. The van der Waals surface area contributed by atoms with Gasteiger partial charge >= 0.3 is 0 Å². The van der Waals surface area contributed by atoms with Gasteiger partial charge in [-0.3, -0.25) is 10.1 Å². The van der Waals surface area contributed by atoms with Crippen LogP contribution in [0.4, 0.5) is 5.13 Å². The van der Waals surface area contributed by atoms with Crippen LogP contribution in [0.3, 0.4) is 0 Å². The highest BCUT2D eigenvalue weighted by Crippen LogP contribution is 2.26. The van der Waals surface area contributed by atoms with Crippen LogP contribution in [-0.4, -0.2) is 31.1 Å². The Morgan fingerprint density at radius 3 is 2.63 bits per heavy atom. The van der Waals surface area contributed by atoms with Crippen molar-refractivity contribution < 1.29 is 13.2 Å². The predicted octanol–water partition coefficient (Wildman–Crippen LogP) is 3.96. The average Bonchev–Trinajstić information content (AvgIpc) is 3.10. The predicted molar refractivity (Wildman–Crippen MR) is 106 cm³/mol. The number of nitrogens with zero attached hydrogens (tertiary/aromatic N) is 2. The Morgan fingerprint density at radius 1 is 1.19 bits per heavy atom. The van der Waals surface area contributed by atoms with Gasteiger partial charge in [-0.15, -0.1) is 10.2 Å². The maximum absolute atomic E-state index is 12.4. The van der Waals surface area contributed by atoms with Crippen molar-refractivity contribution in [1.82, 2.24) is 14.9 Å². The number of halogens is 2. The van der Waals surface area contributed by atoms with Gasteiger partial charge in [0.15, 0.2) is 0 Å². The molecular weight excluding hydrogens is 431 g/mol. The van der Waals surface area contributed by atoms with Gasteiger partial charge in [-0.05, 0) is 37.0 Å². The van der Waals surface area contributed by atoms with E-state index in [2.05, 4.69) is 20.2 Å². The quantitative estimate of drug-likeness (QED) is 0.651.